The number of morpholine rings is 1. The first-order valence-electron chi connectivity index (χ1n) is 9.42. The molecule has 1 unspecified atom stereocenters. The number of nitrogens with zero attached hydrogens (tertiary/aromatic N) is 2. The van der Waals surface area contributed by atoms with Gasteiger partial charge in [-0.25, -0.2) is 4.98 Å². The first-order chi connectivity index (χ1) is 13.8. The number of rotatable bonds is 7. The van der Waals surface area contributed by atoms with Gasteiger partial charge in [-0.1, -0.05) is 36.4 Å². The molecule has 0 aliphatic carbocycles. The molecule has 1 aliphatic heterocycles. The van der Waals surface area contributed by atoms with Crippen LogP contribution < -0.4 is 5.32 Å². The molecule has 4 rings (SSSR count). The van der Waals surface area contributed by atoms with Gasteiger partial charge in [0.15, 0.2) is 0 Å². The van der Waals surface area contributed by atoms with Gasteiger partial charge in [0.1, 0.15) is 5.01 Å². The number of carbonyl (C=O) groups excluding carboxylic acids is 1. The normalized spacial score (nSPS) is 15.5. The Bertz CT molecular complexity index is 874. The summed E-state index contributed by atoms with van der Waals surface area (Å²) in [7, 11) is 0. The molecule has 2 aromatic heterocycles. The van der Waals surface area contributed by atoms with Crippen LogP contribution in [0.15, 0.2) is 53.2 Å². The summed E-state index contributed by atoms with van der Waals surface area (Å²) in [6.45, 7) is 3.81. The minimum Gasteiger partial charge on any atom is -0.378 e. The molecule has 1 aromatic carbocycles. The molecule has 1 aliphatic rings. The molecule has 0 radical (unpaired) electrons. The molecule has 3 heterocycles. The standard InChI is InChI=1S/C21H23N3O2S2/c25-21(24-8-10-26-11-9-24)18(16-5-2-1-3-6-16)14-22-13-17-15-28-20(23-17)19-7-4-12-27-19/h1-7,12,15,18,22H,8-11,13-14H2. The first-order valence-corrected chi connectivity index (χ1v) is 11.2. The van der Waals surface area contributed by atoms with Crippen LogP contribution in [0.2, 0.25) is 0 Å². The van der Waals surface area contributed by atoms with Crippen LogP contribution in [0.5, 0.6) is 0 Å². The highest BCUT2D eigenvalue weighted by Gasteiger charge is 2.26. The molecular weight excluding hydrogens is 390 g/mol. The maximum atomic E-state index is 13.1. The lowest BCUT2D eigenvalue weighted by molar-refractivity contribution is -0.136. The Balaban J connectivity index is 1.40. The molecule has 1 atom stereocenters. The number of amides is 1. The number of hydrogen-bond donors (Lipinski definition) is 1. The summed E-state index contributed by atoms with van der Waals surface area (Å²) in [6.07, 6.45) is 0. The Morgan fingerprint density at radius 1 is 1.14 bits per heavy atom. The van der Waals surface area contributed by atoms with Gasteiger partial charge in [-0.05, 0) is 17.0 Å². The maximum Gasteiger partial charge on any atom is 0.231 e. The number of aromatic nitrogens is 1. The van der Waals surface area contributed by atoms with Crippen LogP contribution in [0.25, 0.3) is 9.88 Å². The summed E-state index contributed by atoms with van der Waals surface area (Å²) in [5, 5.41) is 8.65. The number of benzene rings is 1. The Labute approximate surface area is 173 Å². The molecule has 146 valence electrons. The summed E-state index contributed by atoms with van der Waals surface area (Å²) in [4.78, 5) is 20.9. The lowest BCUT2D eigenvalue weighted by atomic mass is 9.97. The molecule has 1 amide bonds. The van der Waals surface area contributed by atoms with Crippen LogP contribution >= 0.6 is 22.7 Å². The predicted molar refractivity (Wildman–Crippen MR) is 114 cm³/mol. The number of thiazole rings is 1. The molecule has 1 N–H and O–H groups in total. The molecule has 3 aromatic rings. The third-order valence-corrected chi connectivity index (χ3v) is 6.69. The first kappa shape index (κ1) is 19.3. The van der Waals surface area contributed by atoms with Gasteiger partial charge in [0.2, 0.25) is 5.91 Å². The van der Waals surface area contributed by atoms with Crippen molar-refractivity contribution in [1.82, 2.24) is 15.2 Å². The van der Waals surface area contributed by atoms with Crippen molar-refractivity contribution < 1.29 is 9.53 Å². The van der Waals surface area contributed by atoms with E-state index in [1.54, 1.807) is 22.7 Å². The minimum atomic E-state index is -0.199. The monoisotopic (exact) mass is 413 g/mol. The largest absolute Gasteiger partial charge is 0.378 e. The van der Waals surface area contributed by atoms with E-state index in [1.807, 2.05) is 41.3 Å². The van der Waals surface area contributed by atoms with Crippen LogP contribution in [0.3, 0.4) is 0 Å². The summed E-state index contributed by atoms with van der Waals surface area (Å²) in [5.41, 5.74) is 2.06. The van der Waals surface area contributed by atoms with E-state index in [0.29, 0.717) is 39.4 Å². The highest BCUT2D eigenvalue weighted by molar-refractivity contribution is 7.20. The van der Waals surface area contributed by atoms with Gasteiger partial charge in [0.25, 0.3) is 0 Å². The van der Waals surface area contributed by atoms with Crippen molar-refractivity contribution in [2.75, 3.05) is 32.8 Å². The highest BCUT2D eigenvalue weighted by atomic mass is 32.1. The Morgan fingerprint density at radius 2 is 1.96 bits per heavy atom. The second-order valence-corrected chi connectivity index (χ2v) is 8.46. The number of hydrogen-bond acceptors (Lipinski definition) is 6. The molecule has 0 spiro atoms. The zero-order valence-corrected chi connectivity index (χ0v) is 17.2. The topological polar surface area (TPSA) is 54.5 Å². The SMILES string of the molecule is O=C(C(CNCc1csc(-c2cccs2)n1)c1ccccc1)N1CCOCC1. The predicted octanol–water partition coefficient (Wildman–Crippen LogP) is 3.60. The smallest absolute Gasteiger partial charge is 0.231 e. The van der Waals surface area contributed by atoms with Crippen molar-refractivity contribution in [1.29, 1.82) is 0 Å². The van der Waals surface area contributed by atoms with E-state index in [1.165, 1.54) is 4.88 Å². The van der Waals surface area contributed by atoms with Gasteiger partial charge in [-0.2, -0.15) is 0 Å². The fraction of sp³-hybridized carbons (Fsp3) is 0.333. The molecule has 28 heavy (non-hydrogen) atoms. The van der Waals surface area contributed by atoms with Gasteiger partial charge in [0, 0.05) is 31.6 Å². The second kappa shape index (κ2) is 9.43. The van der Waals surface area contributed by atoms with E-state index in [4.69, 9.17) is 9.72 Å². The third kappa shape index (κ3) is 4.67. The molecule has 1 saturated heterocycles. The van der Waals surface area contributed by atoms with E-state index in [-0.39, 0.29) is 11.8 Å². The summed E-state index contributed by atoms with van der Waals surface area (Å²) in [6, 6.07) is 14.2. The number of carbonyl (C=O) groups is 1. The summed E-state index contributed by atoms with van der Waals surface area (Å²) < 4.78 is 5.39. The highest BCUT2D eigenvalue weighted by Crippen LogP contribution is 2.27. The Morgan fingerprint density at radius 3 is 2.71 bits per heavy atom. The number of nitrogens with one attached hydrogen (secondary N) is 1. The van der Waals surface area contributed by atoms with Gasteiger partial charge < -0.3 is 15.0 Å². The summed E-state index contributed by atoms with van der Waals surface area (Å²) >= 11 is 3.36. The Hall–Kier alpha value is -2.06. The van der Waals surface area contributed by atoms with Crippen molar-refractivity contribution in [3.8, 4) is 9.88 Å². The lowest BCUT2D eigenvalue weighted by Crippen LogP contribution is -2.45. The van der Waals surface area contributed by atoms with E-state index >= 15 is 0 Å². The van der Waals surface area contributed by atoms with Crippen molar-refractivity contribution in [2.45, 2.75) is 12.5 Å². The molecule has 0 bridgehead atoms. The second-order valence-electron chi connectivity index (χ2n) is 6.65. The van der Waals surface area contributed by atoms with Crippen LogP contribution in [0.1, 0.15) is 17.2 Å². The number of thiophene rings is 1. The average molecular weight is 414 g/mol. The van der Waals surface area contributed by atoms with Crippen LogP contribution in [0, 0.1) is 0 Å². The lowest BCUT2D eigenvalue weighted by Gasteiger charge is -2.30. The summed E-state index contributed by atoms with van der Waals surface area (Å²) in [5.74, 6) is -0.0331. The van der Waals surface area contributed by atoms with Gasteiger partial charge in [-0.15, -0.1) is 22.7 Å². The molecule has 7 heteroatoms. The minimum absolute atomic E-state index is 0.166. The van der Waals surface area contributed by atoms with Crippen LogP contribution in [0.4, 0.5) is 0 Å². The molecule has 1 fully saturated rings. The van der Waals surface area contributed by atoms with Crippen molar-refractivity contribution >= 4 is 28.6 Å². The van der Waals surface area contributed by atoms with Crippen molar-refractivity contribution in [2.24, 2.45) is 0 Å². The number of ether oxygens (including phenoxy) is 1. The Kier molecular flexibility index (Phi) is 6.49. The zero-order valence-electron chi connectivity index (χ0n) is 15.5. The van der Waals surface area contributed by atoms with Crippen molar-refractivity contribution in [3.05, 3.63) is 64.5 Å². The van der Waals surface area contributed by atoms with E-state index in [2.05, 4.69) is 22.1 Å². The average Bonchev–Trinajstić information content (AvgIpc) is 3.44. The fourth-order valence-corrected chi connectivity index (χ4v) is 4.92. The molecular formula is C21H23N3O2S2. The van der Waals surface area contributed by atoms with Gasteiger partial charge in [-0.3, -0.25) is 4.79 Å². The van der Waals surface area contributed by atoms with E-state index < -0.39 is 0 Å². The van der Waals surface area contributed by atoms with E-state index in [0.717, 1.165) is 16.3 Å². The van der Waals surface area contributed by atoms with Gasteiger partial charge >= 0.3 is 0 Å². The van der Waals surface area contributed by atoms with E-state index in [9.17, 15) is 4.79 Å². The van der Waals surface area contributed by atoms with Gasteiger partial charge in [0.05, 0.1) is 29.7 Å². The maximum absolute atomic E-state index is 13.1. The van der Waals surface area contributed by atoms with Crippen LogP contribution in [-0.4, -0.2) is 48.6 Å². The van der Waals surface area contributed by atoms with Crippen LogP contribution in [-0.2, 0) is 16.1 Å². The molecule has 0 saturated carbocycles. The van der Waals surface area contributed by atoms with Crippen molar-refractivity contribution in [3.63, 3.8) is 0 Å². The molecule has 5 nitrogen and oxygen atoms in total. The third-order valence-electron chi connectivity index (χ3n) is 4.76. The fourth-order valence-electron chi connectivity index (χ4n) is 3.28. The quantitative estimate of drug-likeness (QED) is 0.643. The zero-order chi connectivity index (χ0) is 19.2.